The molecule has 0 fully saturated rings. The Morgan fingerprint density at radius 2 is 2.00 bits per heavy atom. The Morgan fingerprint density at radius 3 is 2.46 bits per heavy atom. The van der Waals surface area contributed by atoms with Crippen LogP contribution in [0.2, 0.25) is 0 Å². The van der Waals surface area contributed by atoms with Gasteiger partial charge in [-0.15, -0.1) is 0 Å². The van der Waals surface area contributed by atoms with Crippen LogP contribution >= 0.6 is 0 Å². The first-order valence-electron chi connectivity index (χ1n) is 3.96. The highest BCUT2D eigenvalue weighted by Crippen LogP contribution is 1.99. The number of rotatable bonds is 4. The average molecular weight is 178 g/mol. The maximum atomic E-state index is 10.7. The fourth-order valence-corrected chi connectivity index (χ4v) is 0.659. The van der Waals surface area contributed by atoms with Crippen molar-refractivity contribution in [2.45, 2.75) is 6.92 Å². The summed E-state index contributed by atoms with van der Waals surface area (Å²) < 4.78 is 4.45. The van der Waals surface area contributed by atoms with E-state index in [0.29, 0.717) is 0 Å². The molecular formula is C11H14O2. The summed E-state index contributed by atoms with van der Waals surface area (Å²) in [5.41, 5.74) is 0.935. The molecule has 2 heteroatoms. The van der Waals surface area contributed by atoms with E-state index in [1.54, 1.807) is 18.2 Å². The third kappa shape index (κ3) is 5.67. The van der Waals surface area contributed by atoms with Crippen LogP contribution in [-0.2, 0) is 9.53 Å². The molecule has 0 aliphatic rings. The van der Waals surface area contributed by atoms with Gasteiger partial charge < -0.3 is 4.74 Å². The summed E-state index contributed by atoms with van der Waals surface area (Å²) in [6.45, 7) is 5.44. The molecule has 0 saturated carbocycles. The van der Waals surface area contributed by atoms with Crippen molar-refractivity contribution in [1.29, 1.82) is 0 Å². The molecule has 0 amide bonds. The monoisotopic (exact) mass is 178 g/mol. The van der Waals surface area contributed by atoms with Crippen LogP contribution in [0.5, 0.6) is 0 Å². The Balaban J connectivity index is 4.30. The van der Waals surface area contributed by atoms with Crippen molar-refractivity contribution in [3.8, 4) is 0 Å². The number of hydrogen-bond acceptors (Lipinski definition) is 2. The summed E-state index contributed by atoms with van der Waals surface area (Å²) >= 11 is 0. The number of allylic oxidation sites excluding steroid dienone is 6. The van der Waals surface area contributed by atoms with Crippen LogP contribution in [0.1, 0.15) is 6.92 Å². The number of methoxy groups -OCH3 is 1. The molecule has 0 atom stereocenters. The highest BCUT2D eigenvalue weighted by molar-refractivity contribution is 5.82. The van der Waals surface area contributed by atoms with Gasteiger partial charge in [-0.3, -0.25) is 0 Å². The van der Waals surface area contributed by atoms with Gasteiger partial charge in [0.1, 0.15) is 0 Å². The first kappa shape index (κ1) is 11.4. The molecule has 0 aliphatic heterocycles. The smallest absolute Gasteiger partial charge is 0.330 e. The number of esters is 1. The number of hydrogen-bond donors (Lipinski definition) is 0. The highest BCUT2D eigenvalue weighted by atomic mass is 16.5. The van der Waals surface area contributed by atoms with E-state index in [4.69, 9.17) is 0 Å². The van der Waals surface area contributed by atoms with E-state index in [1.165, 1.54) is 13.2 Å². The van der Waals surface area contributed by atoms with Crippen LogP contribution in [-0.4, -0.2) is 13.1 Å². The summed E-state index contributed by atoms with van der Waals surface area (Å²) in [6, 6.07) is 0. The van der Waals surface area contributed by atoms with Gasteiger partial charge in [0.25, 0.3) is 0 Å². The van der Waals surface area contributed by atoms with Gasteiger partial charge in [-0.25, -0.2) is 4.79 Å². The molecule has 0 radical (unpaired) electrons. The Labute approximate surface area is 78.9 Å². The molecular weight excluding hydrogens is 164 g/mol. The molecule has 70 valence electrons. The molecule has 0 rings (SSSR count). The van der Waals surface area contributed by atoms with Gasteiger partial charge in [0, 0.05) is 6.08 Å². The summed E-state index contributed by atoms with van der Waals surface area (Å²) in [6.07, 6.45) is 10.3. The van der Waals surface area contributed by atoms with Crippen LogP contribution in [0.3, 0.4) is 0 Å². The van der Waals surface area contributed by atoms with E-state index in [-0.39, 0.29) is 5.97 Å². The topological polar surface area (TPSA) is 26.3 Å². The van der Waals surface area contributed by atoms with E-state index in [1.807, 2.05) is 19.1 Å². The van der Waals surface area contributed by atoms with Crippen LogP contribution in [0.15, 0.2) is 48.6 Å². The normalized spacial score (nSPS) is 12.3. The zero-order valence-corrected chi connectivity index (χ0v) is 7.99. The minimum atomic E-state index is -0.355. The zero-order valence-electron chi connectivity index (χ0n) is 7.99. The second kappa shape index (κ2) is 7.10. The lowest BCUT2D eigenvalue weighted by Crippen LogP contribution is -1.93. The Kier molecular flexibility index (Phi) is 6.24. The number of carbonyl (C=O) groups excluding carboxylic acids is 1. The summed E-state index contributed by atoms with van der Waals surface area (Å²) in [5, 5.41) is 0. The minimum Gasteiger partial charge on any atom is -0.466 e. The molecule has 0 bridgehead atoms. The predicted molar refractivity (Wildman–Crippen MR) is 54.3 cm³/mol. The summed E-state index contributed by atoms with van der Waals surface area (Å²) in [7, 11) is 1.35. The van der Waals surface area contributed by atoms with E-state index >= 15 is 0 Å². The van der Waals surface area contributed by atoms with Gasteiger partial charge in [-0.2, -0.15) is 0 Å². The third-order valence-electron chi connectivity index (χ3n) is 1.37. The van der Waals surface area contributed by atoms with Gasteiger partial charge in [-0.1, -0.05) is 30.9 Å². The third-order valence-corrected chi connectivity index (χ3v) is 1.37. The Morgan fingerprint density at radius 1 is 1.31 bits per heavy atom. The van der Waals surface area contributed by atoms with Gasteiger partial charge in [0.05, 0.1) is 7.11 Å². The minimum absolute atomic E-state index is 0.355. The summed E-state index contributed by atoms with van der Waals surface area (Å²) in [4.78, 5) is 10.7. The van der Waals surface area contributed by atoms with E-state index in [0.717, 1.165) is 5.57 Å². The van der Waals surface area contributed by atoms with E-state index in [2.05, 4.69) is 11.3 Å². The Hall–Kier alpha value is -1.57. The molecule has 0 aromatic rings. The number of carbonyl (C=O) groups is 1. The van der Waals surface area contributed by atoms with Gasteiger partial charge in [-0.05, 0) is 18.6 Å². The first-order chi connectivity index (χ1) is 6.24. The lowest BCUT2D eigenvalue weighted by Gasteiger charge is -1.91. The first-order valence-corrected chi connectivity index (χ1v) is 3.96. The molecule has 0 spiro atoms. The van der Waals surface area contributed by atoms with Crippen molar-refractivity contribution < 1.29 is 9.53 Å². The van der Waals surface area contributed by atoms with E-state index in [9.17, 15) is 4.79 Å². The van der Waals surface area contributed by atoms with Crippen molar-refractivity contribution in [1.82, 2.24) is 0 Å². The van der Waals surface area contributed by atoms with Crippen molar-refractivity contribution >= 4 is 5.97 Å². The maximum absolute atomic E-state index is 10.7. The van der Waals surface area contributed by atoms with Crippen LogP contribution in [0.4, 0.5) is 0 Å². The molecule has 0 N–H and O–H groups in total. The molecule has 2 nitrogen and oxygen atoms in total. The quantitative estimate of drug-likeness (QED) is 0.375. The van der Waals surface area contributed by atoms with Crippen LogP contribution in [0.25, 0.3) is 0 Å². The zero-order chi connectivity index (χ0) is 10.1. The van der Waals surface area contributed by atoms with Crippen molar-refractivity contribution in [2.75, 3.05) is 7.11 Å². The number of ether oxygens (including phenoxy) is 1. The molecule has 0 heterocycles. The highest BCUT2D eigenvalue weighted by Gasteiger charge is 1.90. The second-order valence-electron chi connectivity index (χ2n) is 2.24. The van der Waals surface area contributed by atoms with Gasteiger partial charge in [0.15, 0.2) is 0 Å². The summed E-state index contributed by atoms with van der Waals surface area (Å²) in [5.74, 6) is -0.355. The predicted octanol–water partition coefficient (Wildman–Crippen LogP) is 2.40. The molecule has 13 heavy (non-hydrogen) atoms. The Bertz CT molecular complexity index is 257. The lowest BCUT2D eigenvalue weighted by atomic mass is 10.2. The fraction of sp³-hybridized carbons (Fsp3) is 0.182. The van der Waals surface area contributed by atoms with E-state index < -0.39 is 0 Å². The van der Waals surface area contributed by atoms with Crippen molar-refractivity contribution in [2.24, 2.45) is 0 Å². The molecule has 0 unspecified atom stereocenters. The SMILES string of the molecule is C=C\C=C/C(/C=C/C(=O)OC)=C\C. The molecule has 0 aliphatic carbocycles. The fourth-order valence-electron chi connectivity index (χ4n) is 0.659. The largest absolute Gasteiger partial charge is 0.466 e. The van der Waals surface area contributed by atoms with Crippen LogP contribution in [0, 0.1) is 0 Å². The van der Waals surface area contributed by atoms with Gasteiger partial charge in [0.2, 0.25) is 0 Å². The molecule has 0 saturated heterocycles. The maximum Gasteiger partial charge on any atom is 0.330 e. The van der Waals surface area contributed by atoms with Crippen molar-refractivity contribution in [3.05, 3.63) is 48.6 Å². The van der Waals surface area contributed by atoms with Crippen molar-refractivity contribution in [3.63, 3.8) is 0 Å². The second-order valence-corrected chi connectivity index (χ2v) is 2.24. The van der Waals surface area contributed by atoms with Gasteiger partial charge >= 0.3 is 5.97 Å². The molecule has 0 aromatic carbocycles. The lowest BCUT2D eigenvalue weighted by molar-refractivity contribution is -0.134. The molecule has 0 aromatic heterocycles. The van der Waals surface area contributed by atoms with Crippen LogP contribution < -0.4 is 0 Å². The standard InChI is InChI=1S/C11H14O2/c1-4-6-7-10(5-2)8-9-11(12)13-3/h4-9H,1H2,2-3H3/b7-6-,9-8+,10-5+. The average Bonchev–Trinajstić information content (AvgIpc) is 2.17.